The topological polar surface area (TPSA) is 146 Å². The maximum absolute atomic E-state index is 13.5. The average Bonchev–Trinajstić information content (AvgIpc) is 3.44. The van der Waals surface area contributed by atoms with Crippen LogP contribution in [0.3, 0.4) is 0 Å². The van der Waals surface area contributed by atoms with E-state index in [-0.39, 0.29) is 46.7 Å². The Labute approximate surface area is 366 Å². The lowest BCUT2D eigenvalue weighted by Crippen LogP contribution is -2.55. The van der Waals surface area contributed by atoms with Crippen LogP contribution in [0.15, 0.2) is 42.7 Å². The van der Waals surface area contributed by atoms with Crippen molar-refractivity contribution in [2.75, 3.05) is 37.7 Å². The predicted molar refractivity (Wildman–Crippen MR) is 242 cm³/mol. The lowest BCUT2D eigenvalue weighted by molar-refractivity contribution is -0.132. The highest BCUT2D eigenvalue weighted by molar-refractivity contribution is 6.07. The van der Waals surface area contributed by atoms with Crippen LogP contribution in [0.5, 0.6) is 0 Å². The van der Waals surface area contributed by atoms with Crippen molar-refractivity contribution in [2.24, 2.45) is 10.8 Å². The fraction of sp³-hybridized carbons (Fsp3) is 0.714. The number of carbonyl (C=O) groups excluding carboxylic acids is 4. The fourth-order valence-corrected chi connectivity index (χ4v) is 9.14. The van der Waals surface area contributed by atoms with Gasteiger partial charge in [-0.3, -0.25) is 19.3 Å². The Bertz CT molecular complexity index is 1670. The molecule has 2 aromatic rings. The second-order valence-corrected chi connectivity index (χ2v) is 20.2. The average molecular weight is 844 g/mol. The van der Waals surface area contributed by atoms with E-state index in [0.717, 1.165) is 31.2 Å². The third kappa shape index (κ3) is 15.4. The molecule has 1 spiro atoms. The molecule has 12 heteroatoms. The number of imide groups is 1. The second-order valence-electron chi connectivity index (χ2n) is 20.2. The number of nitrogens with one attached hydrogen (secondary N) is 3. The molecular formula is C49H77N7O5. The molecule has 3 N–H and O–H groups in total. The molecule has 2 aliphatic heterocycles. The number of nitrogens with zero attached hydrogens (tertiary/aromatic N) is 4. The van der Waals surface area contributed by atoms with Crippen molar-refractivity contribution < 1.29 is 23.9 Å². The zero-order valence-corrected chi connectivity index (χ0v) is 38.3. The van der Waals surface area contributed by atoms with Gasteiger partial charge >= 0.3 is 6.03 Å². The van der Waals surface area contributed by atoms with E-state index in [4.69, 9.17) is 4.74 Å². The highest BCUT2D eigenvalue weighted by Crippen LogP contribution is 2.32. The number of hydrogen-bond acceptors (Lipinski definition) is 8. The van der Waals surface area contributed by atoms with Crippen LogP contribution in [-0.2, 0) is 20.9 Å². The van der Waals surface area contributed by atoms with Gasteiger partial charge in [-0.25, -0.2) is 14.8 Å². The Morgan fingerprint density at radius 2 is 1.25 bits per heavy atom. The SMILES string of the molecule is CC(C)(CNC(=O)c1cnc(N2CCC3(CC2)NC(=O)N(Cc2ccccc2)C3=O)nc1)COCC(C)(C)CC(=O)NC1(C)CCCCCCCCCCCCCCCCC1. The van der Waals surface area contributed by atoms with Crippen LogP contribution in [-0.4, -0.2) is 82.5 Å². The first-order valence-electron chi connectivity index (χ1n) is 23.6. The van der Waals surface area contributed by atoms with Gasteiger partial charge in [0.05, 0.1) is 25.3 Å². The summed E-state index contributed by atoms with van der Waals surface area (Å²) in [5.41, 5.74) is -0.534. The van der Waals surface area contributed by atoms with Crippen molar-refractivity contribution in [3.05, 3.63) is 53.9 Å². The van der Waals surface area contributed by atoms with Crippen LogP contribution in [0.25, 0.3) is 0 Å². The molecule has 1 aromatic heterocycles. The lowest BCUT2D eigenvalue weighted by atomic mass is 9.85. The Kier molecular flexibility index (Phi) is 18.0. The normalized spacial score (nSPS) is 20.1. The van der Waals surface area contributed by atoms with Gasteiger partial charge < -0.3 is 25.6 Å². The molecule has 5 rings (SSSR count). The van der Waals surface area contributed by atoms with Crippen LogP contribution >= 0.6 is 0 Å². The summed E-state index contributed by atoms with van der Waals surface area (Å²) in [5, 5.41) is 9.47. The predicted octanol–water partition coefficient (Wildman–Crippen LogP) is 9.28. The van der Waals surface area contributed by atoms with Gasteiger partial charge in [-0.2, -0.15) is 0 Å². The van der Waals surface area contributed by atoms with Gasteiger partial charge in [0.25, 0.3) is 11.8 Å². The molecule has 0 radical (unpaired) electrons. The molecule has 1 aliphatic carbocycles. The van der Waals surface area contributed by atoms with Gasteiger partial charge in [0.1, 0.15) is 5.54 Å². The van der Waals surface area contributed by atoms with Gasteiger partial charge in [0.2, 0.25) is 11.9 Å². The molecule has 1 aromatic carbocycles. The summed E-state index contributed by atoms with van der Waals surface area (Å²) in [6.07, 6.45) is 26.1. The lowest BCUT2D eigenvalue weighted by Gasteiger charge is -2.37. The van der Waals surface area contributed by atoms with Crippen molar-refractivity contribution in [2.45, 2.75) is 181 Å². The smallest absolute Gasteiger partial charge is 0.325 e. The number of rotatable bonds is 13. The maximum atomic E-state index is 13.5. The van der Waals surface area contributed by atoms with Gasteiger partial charge in [-0.1, -0.05) is 154 Å². The number of ether oxygens (including phenoxy) is 1. The molecule has 1 saturated carbocycles. The summed E-state index contributed by atoms with van der Waals surface area (Å²) in [5.74, 6) is 0.119. The summed E-state index contributed by atoms with van der Waals surface area (Å²) >= 11 is 0. The fourth-order valence-electron chi connectivity index (χ4n) is 9.14. The highest BCUT2D eigenvalue weighted by atomic mass is 16.5. The monoisotopic (exact) mass is 844 g/mol. The van der Waals surface area contributed by atoms with Crippen molar-refractivity contribution in [1.82, 2.24) is 30.8 Å². The number of amides is 5. The van der Waals surface area contributed by atoms with Crippen molar-refractivity contribution >= 4 is 29.7 Å². The number of benzene rings is 1. The van der Waals surface area contributed by atoms with Crippen LogP contribution < -0.4 is 20.9 Å². The van der Waals surface area contributed by atoms with Crippen LogP contribution in [0.4, 0.5) is 10.7 Å². The molecule has 0 bridgehead atoms. The molecule has 5 amide bonds. The minimum absolute atomic E-state index is 0.102. The Morgan fingerprint density at radius 1 is 0.738 bits per heavy atom. The number of piperidine rings is 1. The molecule has 0 atom stereocenters. The van der Waals surface area contributed by atoms with E-state index in [1.165, 1.54) is 101 Å². The first-order chi connectivity index (χ1) is 29.2. The van der Waals surface area contributed by atoms with Crippen molar-refractivity contribution in [3.8, 4) is 0 Å². The van der Waals surface area contributed by atoms with Crippen LogP contribution in [0.1, 0.15) is 179 Å². The van der Waals surface area contributed by atoms with Gasteiger partial charge in [-0.05, 0) is 43.6 Å². The maximum Gasteiger partial charge on any atom is 0.325 e. The molecule has 12 nitrogen and oxygen atoms in total. The van der Waals surface area contributed by atoms with Crippen LogP contribution in [0.2, 0.25) is 0 Å². The van der Waals surface area contributed by atoms with E-state index in [2.05, 4.69) is 60.5 Å². The zero-order valence-electron chi connectivity index (χ0n) is 38.3. The van der Waals surface area contributed by atoms with Crippen LogP contribution in [0, 0.1) is 10.8 Å². The molecule has 338 valence electrons. The quantitative estimate of drug-likeness (QED) is 0.169. The molecule has 3 fully saturated rings. The number of aromatic nitrogens is 2. The van der Waals surface area contributed by atoms with E-state index in [1.54, 1.807) is 0 Å². The molecule has 3 heterocycles. The number of anilines is 1. The summed E-state index contributed by atoms with van der Waals surface area (Å²) in [4.78, 5) is 65.1. The third-order valence-corrected chi connectivity index (χ3v) is 13.0. The standard InChI is InChI=1S/C49H77N7O5/c1-46(2,32-41(57)53-48(5)26-22-17-15-13-11-9-7-6-8-10-12-14-16-18-23-27-48)37-61-38-47(3,4)36-52-42(58)40-33-50-44(51-34-40)55-30-28-49(29-31-55)43(59)56(45(60)54-49)35-39-24-20-19-21-25-39/h19-21,24-25,33-34H,6-18,22-23,26-32,35-38H2,1-5H3,(H,52,58)(H,53,57)(H,54,60). The summed E-state index contributed by atoms with van der Waals surface area (Å²) in [6, 6.07) is 9.14. The summed E-state index contributed by atoms with van der Waals surface area (Å²) in [7, 11) is 0. The minimum Gasteiger partial charge on any atom is -0.380 e. The Hall–Kier alpha value is -4.06. The van der Waals surface area contributed by atoms with Crippen molar-refractivity contribution in [3.63, 3.8) is 0 Å². The first-order valence-corrected chi connectivity index (χ1v) is 23.6. The zero-order chi connectivity index (χ0) is 43.8. The summed E-state index contributed by atoms with van der Waals surface area (Å²) in [6.45, 7) is 13.0. The van der Waals surface area contributed by atoms with Crippen molar-refractivity contribution in [1.29, 1.82) is 0 Å². The Morgan fingerprint density at radius 3 is 1.79 bits per heavy atom. The Balaban J connectivity index is 1.01. The van der Waals surface area contributed by atoms with Gasteiger partial charge in [-0.15, -0.1) is 0 Å². The molecule has 0 unspecified atom stereocenters. The molecule has 3 aliphatic rings. The largest absolute Gasteiger partial charge is 0.380 e. The van der Waals surface area contributed by atoms with E-state index in [1.807, 2.05) is 35.2 Å². The summed E-state index contributed by atoms with van der Waals surface area (Å²) < 4.78 is 6.22. The first kappa shape index (κ1) is 48.0. The highest BCUT2D eigenvalue weighted by Gasteiger charge is 2.52. The van der Waals surface area contributed by atoms with E-state index in [9.17, 15) is 19.2 Å². The third-order valence-electron chi connectivity index (χ3n) is 13.0. The molecular weight excluding hydrogens is 767 g/mol. The van der Waals surface area contributed by atoms with E-state index in [0.29, 0.717) is 63.6 Å². The molecule has 61 heavy (non-hydrogen) atoms. The van der Waals surface area contributed by atoms with Gasteiger partial charge in [0, 0.05) is 49.4 Å². The van der Waals surface area contributed by atoms with E-state index < -0.39 is 5.54 Å². The molecule has 2 saturated heterocycles. The minimum atomic E-state index is -0.925. The number of urea groups is 1. The number of hydrogen-bond donors (Lipinski definition) is 3. The van der Waals surface area contributed by atoms with Gasteiger partial charge in [0.15, 0.2) is 0 Å². The number of carbonyl (C=O) groups is 4. The second kappa shape index (κ2) is 22.9. The van der Waals surface area contributed by atoms with E-state index >= 15 is 0 Å².